The highest BCUT2D eigenvalue weighted by Crippen LogP contribution is 2.26. The SMILES string of the molecule is CCOC(=O)[C@H]1CCCN(c2ccc(NC(=O)c3snc4c(=O)[nH]c(C)nc34)cc2)C1. The minimum atomic E-state index is -0.363. The molecule has 3 aromatic rings. The van der Waals surface area contributed by atoms with Crippen molar-refractivity contribution in [3.8, 4) is 0 Å². The van der Waals surface area contributed by atoms with E-state index >= 15 is 0 Å². The summed E-state index contributed by atoms with van der Waals surface area (Å²) < 4.78 is 9.23. The van der Waals surface area contributed by atoms with Crippen molar-refractivity contribution >= 4 is 45.8 Å². The van der Waals surface area contributed by atoms with E-state index < -0.39 is 0 Å². The molecule has 1 amide bonds. The number of aryl methyl sites for hydroxylation is 1. The molecule has 162 valence electrons. The Balaban J connectivity index is 1.46. The van der Waals surface area contributed by atoms with Crippen LogP contribution in [0.2, 0.25) is 0 Å². The zero-order valence-electron chi connectivity index (χ0n) is 17.3. The molecule has 0 saturated carbocycles. The fraction of sp³-hybridized carbons (Fsp3) is 0.381. The molecule has 3 heterocycles. The second-order valence-electron chi connectivity index (χ2n) is 7.40. The molecular weight excluding hydrogens is 418 g/mol. The molecule has 1 aliphatic heterocycles. The number of anilines is 2. The Kier molecular flexibility index (Phi) is 5.99. The molecule has 0 radical (unpaired) electrons. The van der Waals surface area contributed by atoms with Gasteiger partial charge in [-0.3, -0.25) is 14.4 Å². The number of ether oxygens (including phenoxy) is 1. The summed E-state index contributed by atoms with van der Waals surface area (Å²) >= 11 is 0.949. The summed E-state index contributed by atoms with van der Waals surface area (Å²) in [7, 11) is 0. The van der Waals surface area contributed by atoms with Crippen LogP contribution in [0.1, 0.15) is 35.3 Å². The standard InChI is InChI=1S/C21H23N5O4S/c1-3-30-21(29)13-5-4-10-26(11-13)15-8-6-14(7-9-15)24-20(28)18-16-17(25-31-18)19(27)23-12(2)22-16/h6-9,13H,3-5,10-11H2,1-2H3,(H,24,28)(H,22,23,27)/t13-/m0/s1. The molecule has 0 unspecified atom stereocenters. The van der Waals surface area contributed by atoms with E-state index in [2.05, 4.69) is 24.6 Å². The number of hydrogen-bond acceptors (Lipinski definition) is 8. The molecule has 9 nitrogen and oxygen atoms in total. The van der Waals surface area contributed by atoms with Crippen LogP contribution in [0.5, 0.6) is 0 Å². The maximum atomic E-state index is 12.7. The number of esters is 1. The van der Waals surface area contributed by atoms with Gasteiger partial charge in [0.25, 0.3) is 11.5 Å². The molecule has 1 aromatic carbocycles. The summed E-state index contributed by atoms with van der Waals surface area (Å²) in [5.41, 5.74) is 1.72. The summed E-state index contributed by atoms with van der Waals surface area (Å²) in [6, 6.07) is 7.47. The van der Waals surface area contributed by atoms with Crippen LogP contribution in [0.25, 0.3) is 11.0 Å². The Hall–Kier alpha value is -3.27. The fourth-order valence-corrected chi connectivity index (χ4v) is 4.43. The number of carbonyl (C=O) groups is 2. The van der Waals surface area contributed by atoms with Crippen molar-refractivity contribution in [1.82, 2.24) is 14.3 Å². The number of aromatic amines is 1. The van der Waals surface area contributed by atoms with Crippen LogP contribution in [0.4, 0.5) is 11.4 Å². The highest BCUT2D eigenvalue weighted by atomic mass is 32.1. The lowest BCUT2D eigenvalue weighted by atomic mass is 9.97. The molecule has 1 fully saturated rings. The largest absolute Gasteiger partial charge is 0.466 e. The number of amides is 1. The Morgan fingerprint density at radius 3 is 2.81 bits per heavy atom. The van der Waals surface area contributed by atoms with E-state index in [0.717, 1.165) is 36.6 Å². The van der Waals surface area contributed by atoms with Gasteiger partial charge in [0.05, 0.1) is 12.5 Å². The van der Waals surface area contributed by atoms with Crippen LogP contribution in [0.3, 0.4) is 0 Å². The van der Waals surface area contributed by atoms with Crippen molar-refractivity contribution < 1.29 is 14.3 Å². The summed E-state index contributed by atoms with van der Waals surface area (Å²) in [5.74, 6) is -0.195. The maximum Gasteiger partial charge on any atom is 0.310 e. The molecule has 0 bridgehead atoms. The van der Waals surface area contributed by atoms with Crippen LogP contribution in [0, 0.1) is 12.8 Å². The highest BCUT2D eigenvalue weighted by Gasteiger charge is 2.27. The van der Waals surface area contributed by atoms with Crippen molar-refractivity contribution in [2.24, 2.45) is 5.92 Å². The Morgan fingerprint density at radius 2 is 2.06 bits per heavy atom. The minimum Gasteiger partial charge on any atom is -0.466 e. The number of benzene rings is 1. The first-order valence-electron chi connectivity index (χ1n) is 10.2. The van der Waals surface area contributed by atoms with Gasteiger partial charge in [-0.25, -0.2) is 4.98 Å². The summed E-state index contributed by atoms with van der Waals surface area (Å²) in [6.45, 7) is 5.36. The van der Waals surface area contributed by atoms with E-state index in [1.807, 2.05) is 31.2 Å². The van der Waals surface area contributed by atoms with Gasteiger partial charge < -0.3 is 19.9 Å². The summed E-state index contributed by atoms with van der Waals surface area (Å²) in [5, 5.41) is 2.84. The Morgan fingerprint density at radius 1 is 1.29 bits per heavy atom. The first-order chi connectivity index (χ1) is 15.0. The van der Waals surface area contributed by atoms with Gasteiger partial charge in [0.2, 0.25) is 0 Å². The predicted octanol–water partition coefficient (Wildman–Crippen LogP) is 2.72. The number of nitrogens with one attached hydrogen (secondary N) is 2. The lowest BCUT2D eigenvalue weighted by Gasteiger charge is -2.33. The molecule has 4 rings (SSSR count). The molecule has 1 aliphatic rings. The minimum absolute atomic E-state index is 0.119. The van der Waals surface area contributed by atoms with E-state index in [-0.39, 0.29) is 28.9 Å². The first-order valence-corrected chi connectivity index (χ1v) is 10.9. The van der Waals surface area contributed by atoms with Gasteiger partial charge in [-0.1, -0.05) is 0 Å². The lowest BCUT2D eigenvalue weighted by molar-refractivity contribution is -0.148. The number of fused-ring (bicyclic) bond motifs is 1. The number of hydrogen-bond donors (Lipinski definition) is 2. The van der Waals surface area contributed by atoms with Crippen molar-refractivity contribution in [1.29, 1.82) is 0 Å². The average molecular weight is 442 g/mol. The molecular formula is C21H23N5O4S. The third-order valence-electron chi connectivity index (χ3n) is 5.19. The van der Waals surface area contributed by atoms with Gasteiger partial charge >= 0.3 is 5.97 Å². The van der Waals surface area contributed by atoms with Gasteiger partial charge in [0.1, 0.15) is 16.2 Å². The number of nitrogens with zero attached hydrogens (tertiary/aromatic N) is 3. The monoisotopic (exact) mass is 441 g/mol. The summed E-state index contributed by atoms with van der Waals surface area (Å²) in [4.78, 5) is 46.1. The van der Waals surface area contributed by atoms with E-state index in [1.165, 1.54) is 0 Å². The van der Waals surface area contributed by atoms with Gasteiger partial charge in [-0.15, -0.1) is 0 Å². The molecule has 0 spiro atoms. The number of aromatic nitrogens is 3. The van der Waals surface area contributed by atoms with Gasteiger partial charge in [0, 0.05) is 24.5 Å². The van der Waals surface area contributed by atoms with Crippen LogP contribution in [-0.4, -0.2) is 45.9 Å². The van der Waals surface area contributed by atoms with Crippen LogP contribution >= 0.6 is 11.5 Å². The predicted molar refractivity (Wildman–Crippen MR) is 119 cm³/mol. The fourth-order valence-electron chi connectivity index (χ4n) is 3.71. The molecule has 1 atom stereocenters. The van der Waals surface area contributed by atoms with Gasteiger partial charge in [-0.05, 0) is 62.5 Å². The Labute approximate surface area is 182 Å². The molecule has 2 N–H and O–H groups in total. The van der Waals surface area contributed by atoms with Crippen LogP contribution < -0.4 is 15.8 Å². The quantitative estimate of drug-likeness (QED) is 0.585. The zero-order chi connectivity index (χ0) is 22.0. The van der Waals surface area contributed by atoms with Gasteiger partial charge in [0.15, 0.2) is 5.52 Å². The topological polar surface area (TPSA) is 117 Å². The van der Waals surface area contributed by atoms with Crippen LogP contribution in [0.15, 0.2) is 29.1 Å². The maximum absolute atomic E-state index is 12.7. The molecule has 1 saturated heterocycles. The lowest BCUT2D eigenvalue weighted by Crippen LogP contribution is -2.39. The van der Waals surface area contributed by atoms with E-state index in [4.69, 9.17) is 4.74 Å². The van der Waals surface area contributed by atoms with Gasteiger partial charge in [-0.2, -0.15) is 4.37 Å². The van der Waals surface area contributed by atoms with Crippen molar-refractivity contribution in [2.75, 3.05) is 29.9 Å². The van der Waals surface area contributed by atoms with E-state index in [1.54, 1.807) is 6.92 Å². The number of H-pyrrole nitrogens is 1. The smallest absolute Gasteiger partial charge is 0.310 e. The number of rotatable bonds is 5. The van der Waals surface area contributed by atoms with Crippen molar-refractivity contribution in [3.63, 3.8) is 0 Å². The Bertz CT molecular complexity index is 1170. The summed E-state index contributed by atoms with van der Waals surface area (Å²) in [6.07, 6.45) is 1.76. The van der Waals surface area contributed by atoms with E-state index in [9.17, 15) is 14.4 Å². The molecule has 10 heteroatoms. The molecule has 2 aromatic heterocycles. The normalized spacial score (nSPS) is 16.3. The number of piperidine rings is 1. The number of carbonyl (C=O) groups excluding carboxylic acids is 2. The zero-order valence-corrected chi connectivity index (χ0v) is 18.1. The molecule has 0 aliphatic carbocycles. The van der Waals surface area contributed by atoms with Crippen molar-refractivity contribution in [3.05, 3.63) is 45.3 Å². The second-order valence-corrected chi connectivity index (χ2v) is 8.17. The average Bonchev–Trinajstić information content (AvgIpc) is 3.19. The third-order valence-corrected chi connectivity index (χ3v) is 6.03. The van der Waals surface area contributed by atoms with Crippen LogP contribution in [-0.2, 0) is 9.53 Å². The first kappa shape index (κ1) is 21.0. The molecule has 31 heavy (non-hydrogen) atoms. The third kappa shape index (κ3) is 4.43. The van der Waals surface area contributed by atoms with Crippen molar-refractivity contribution in [2.45, 2.75) is 26.7 Å². The van der Waals surface area contributed by atoms with E-state index in [0.29, 0.717) is 35.1 Å². The second kappa shape index (κ2) is 8.84. The highest BCUT2D eigenvalue weighted by molar-refractivity contribution is 7.09.